The van der Waals surface area contributed by atoms with Crippen molar-refractivity contribution in [3.63, 3.8) is 0 Å². The maximum absolute atomic E-state index is 14.6. The highest BCUT2D eigenvalue weighted by atomic mass is 19.4. The molecule has 0 aromatic heterocycles. The van der Waals surface area contributed by atoms with Gasteiger partial charge in [0.25, 0.3) is 0 Å². The molecular weight excluding hydrogens is 422 g/mol. The summed E-state index contributed by atoms with van der Waals surface area (Å²) in [4.78, 5) is 0. The highest BCUT2D eigenvalue weighted by Gasteiger charge is 2.34. The van der Waals surface area contributed by atoms with Crippen molar-refractivity contribution in [2.24, 2.45) is 5.92 Å². The van der Waals surface area contributed by atoms with Crippen LogP contribution in [0.1, 0.15) is 43.7 Å². The molecule has 0 bridgehead atoms. The number of aryl methyl sites for hydroxylation is 1. The number of hydrogen-bond acceptors (Lipinski definition) is 2. The van der Waals surface area contributed by atoms with Crippen molar-refractivity contribution in [1.29, 1.82) is 0 Å². The van der Waals surface area contributed by atoms with Crippen molar-refractivity contribution in [2.45, 2.75) is 51.5 Å². The highest BCUT2D eigenvalue weighted by Crippen LogP contribution is 2.35. The first kappa shape index (κ1) is 23.6. The second-order valence-electron chi connectivity index (χ2n) is 7.77. The first-order valence-corrected chi connectivity index (χ1v) is 10.3. The minimum Gasteiger partial charge on any atom is -0.352 e. The SMILES string of the molecule is CCCCC1COC(CCc2cc(F)c(-c3ccc(C(F)(F)F)c(F)c3)c(F)c2)OC1. The van der Waals surface area contributed by atoms with Crippen LogP contribution in [-0.4, -0.2) is 19.5 Å². The molecule has 170 valence electrons. The number of hydrogen-bond donors (Lipinski definition) is 0. The average molecular weight is 446 g/mol. The zero-order valence-corrected chi connectivity index (χ0v) is 17.1. The number of benzene rings is 2. The first-order chi connectivity index (χ1) is 14.7. The van der Waals surface area contributed by atoms with Crippen LogP contribution in [-0.2, 0) is 22.1 Å². The summed E-state index contributed by atoms with van der Waals surface area (Å²) in [6, 6.07) is 4.01. The van der Waals surface area contributed by atoms with Gasteiger partial charge >= 0.3 is 6.18 Å². The van der Waals surface area contributed by atoms with Gasteiger partial charge in [-0.3, -0.25) is 0 Å². The van der Waals surface area contributed by atoms with Crippen LogP contribution in [0.5, 0.6) is 0 Å². The molecular formula is C23H24F6O2. The van der Waals surface area contributed by atoms with Crippen LogP contribution in [0.4, 0.5) is 26.3 Å². The van der Waals surface area contributed by atoms with E-state index in [-0.39, 0.29) is 5.56 Å². The zero-order valence-electron chi connectivity index (χ0n) is 17.1. The second kappa shape index (κ2) is 10.0. The van der Waals surface area contributed by atoms with Gasteiger partial charge in [-0.05, 0) is 48.2 Å². The van der Waals surface area contributed by atoms with Crippen LogP contribution in [0.25, 0.3) is 11.1 Å². The van der Waals surface area contributed by atoms with Crippen LogP contribution >= 0.6 is 0 Å². The zero-order chi connectivity index (χ0) is 22.6. The van der Waals surface area contributed by atoms with Crippen LogP contribution < -0.4 is 0 Å². The van der Waals surface area contributed by atoms with Crippen molar-refractivity contribution in [1.82, 2.24) is 0 Å². The summed E-state index contributed by atoms with van der Waals surface area (Å²) in [6.07, 6.45) is -1.39. The molecule has 1 heterocycles. The first-order valence-electron chi connectivity index (χ1n) is 10.3. The Balaban J connectivity index is 1.65. The summed E-state index contributed by atoms with van der Waals surface area (Å²) in [5, 5.41) is 0. The summed E-state index contributed by atoms with van der Waals surface area (Å²) in [6.45, 7) is 3.29. The Hall–Kier alpha value is -2.06. The van der Waals surface area contributed by atoms with Crippen LogP contribution in [0.15, 0.2) is 30.3 Å². The topological polar surface area (TPSA) is 18.5 Å². The lowest BCUT2D eigenvalue weighted by atomic mass is 9.99. The minimum atomic E-state index is -4.89. The molecule has 0 aliphatic carbocycles. The third-order valence-corrected chi connectivity index (χ3v) is 5.34. The molecule has 0 atom stereocenters. The van der Waals surface area contributed by atoms with E-state index in [9.17, 15) is 26.3 Å². The van der Waals surface area contributed by atoms with E-state index >= 15 is 0 Å². The third-order valence-electron chi connectivity index (χ3n) is 5.34. The van der Waals surface area contributed by atoms with Gasteiger partial charge in [-0.2, -0.15) is 13.2 Å². The maximum Gasteiger partial charge on any atom is 0.419 e. The molecule has 0 N–H and O–H groups in total. The fourth-order valence-electron chi connectivity index (χ4n) is 3.64. The molecule has 2 aromatic carbocycles. The molecule has 8 heteroatoms. The Morgan fingerprint density at radius 3 is 2.10 bits per heavy atom. The van der Waals surface area contributed by atoms with E-state index in [0.717, 1.165) is 37.5 Å². The van der Waals surface area contributed by atoms with Crippen LogP contribution in [0.2, 0.25) is 0 Å². The fraction of sp³-hybridized carbons (Fsp3) is 0.478. The van der Waals surface area contributed by atoms with Crippen molar-refractivity contribution in [2.75, 3.05) is 13.2 Å². The normalized spacial score (nSPS) is 19.6. The van der Waals surface area contributed by atoms with Gasteiger partial charge in [-0.15, -0.1) is 0 Å². The highest BCUT2D eigenvalue weighted by molar-refractivity contribution is 5.66. The van der Waals surface area contributed by atoms with Gasteiger partial charge in [0.15, 0.2) is 6.29 Å². The van der Waals surface area contributed by atoms with E-state index in [1.165, 1.54) is 0 Å². The third kappa shape index (κ3) is 6.01. The number of rotatable bonds is 7. The molecule has 1 aliphatic heterocycles. The monoisotopic (exact) mass is 446 g/mol. The van der Waals surface area contributed by atoms with E-state index in [4.69, 9.17) is 9.47 Å². The maximum atomic E-state index is 14.6. The summed E-state index contributed by atoms with van der Waals surface area (Å²) in [5.74, 6) is -3.18. The van der Waals surface area contributed by atoms with Gasteiger partial charge in [0.1, 0.15) is 17.5 Å². The van der Waals surface area contributed by atoms with Crippen LogP contribution in [0.3, 0.4) is 0 Å². The molecule has 31 heavy (non-hydrogen) atoms. The molecule has 0 saturated carbocycles. The van der Waals surface area contributed by atoms with Crippen LogP contribution in [0, 0.1) is 23.4 Å². The molecule has 0 spiro atoms. The summed E-state index contributed by atoms with van der Waals surface area (Å²) in [7, 11) is 0. The lowest BCUT2D eigenvalue weighted by Crippen LogP contribution is -2.32. The molecule has 2 aromatic rings. The summed E-state index contributed by atoms with van der Waals surface area (Å²) < 4.78 is 92.3. The Labute approximate surface area is 177 Å². The predicted octanol–water partition coefficient (Wildman–Crippen LogP) is 6.90. The smallest absolute Gasteiger partial charge is 0.352 e. The number of alkyl halides is 3. The molecule has 1 fully saturated rings. The lowest BCUT2D eigenvalue weighted by molar-refractivity contribution is -0.203. The van der Waals surface area contributed by atoms with E-state index in [1.807, 2.05) is 0 Å². The lowest BCUT2D eigenvalue weighted by Gasteiger charge is -2.29. The Morgan fingerprint density at radius 1 is 0.903 bits per heavy atom. The number of halogens is 6. The number of ether oxygens (including phenoxy) is 2. The standard InChI is InChI=1S/C23H24F6O2/c1-2-3-4-15-12-30-21(31-13-15)8-5-14-9-19(25)22(20(26)10-14)16-6-7-17(18(24)11-16)23(27,28)29/h6-7,9-11,15,21H,2-5,8,12-13H2,1H3. The van der Waals surface area contributed by atoms with Crippen molar-refractivity contribution in [3.8, 4) is 11.1 Å². The molecule has 1 saturated heterocycles. The van der Waals surface area contributed by atoms with Gasteiger partial charge in [0, 0.05) is 12.3 Å². The molecule has 2 nitrogen and oxygen atoms in total. The quantitative estimate of drug-likeness (QED) is 0.431. The van der Waals surface area contributed by atoms with Crippen molar-refractivity contribution >= 4 is 0 Å². The molecule has 0 radical (unpaired) electrons. The second-order valence-corrected chi connectivity index (χ2v) is 7.77. The minimum absolute atomic E-state index is 0.291. The van der Waals surface area contributed by atoms with Crippen molar-refractivity contribution < 1.29 is 35.8 Å². The van der Waals surface area contributed by atoms with Crippen molar-refractivity contribution in [3.05, 3.63) is 58.9 Å². The fourth-order valence-corrected chi connectivity index (χ4v) is 3.64. The van der Waals surface area contributed by atoms with E-state index in [2.05, 4.69) is 6.92 Å². The molecule has 3 rings (SSSR count). The van der Waals surface area contributed by atoms with Gasteiger partial charge in [0.2, 0.25) is 0 Å². The predicted molar refractivity (Wildman–Crippen MR) is 104 cm³/mol. The van der Waals surface area contributed by atoms with Gasteiger partial charge in [0.05, 0.1) is 24.3 Å². The van der Waals surface area contributed by atoms with E-state index in [0.29, 0.717) is 49.7 Å². The Bertz CT molecular complexity index is 865. The Morgan fingerprint density at radius 2 is 1.55 bits per heavy atom. The average Bonchev–Trinajstić information content (AvgIpc) is 2.70. The Kier molecular flexibility index (Phi) is 7.64. The number of unbranched alkanes of at least 4 members (excludes halogenated alkanes) is 1. The van der Waals surface area contributed by atoms with E-state index in [1.54, 1.807) is 0 Å². The summed E-state index contributed by atoms with van der Waals surface area (Å²) >= 11 is 0. The largest absolute Gasteiger partial charge is 0.419 e. The van der Waals surface area contributed by atoms with E-state index < -0.39 is 41.0 Å². The molecule has 0 unspecified atom stereocenters. The molecule has 0 amide bonds. The van der Waals surface area contributed by atoms with Gasteiger partial charge in [-0.1, -0.05) is 25.8 Å². The van der Waals surface area contributed by atoms with Gasteiger partial charge < -0.3 is 9.47 Å². The van der Waals surface area contributed by atoms with Gasteiger partial charge in [-0.25, -0.2) is 13.2 Å². The molecule has 1 aliphatic rings. The summed E-state index contributed by atoms with van der Waals surface area (Å²) in [5.41, 5.74) is -2.01.